The summed E-state index contributed by atoms with van der Waals surface area (Å²) in [5.41, 5.74) is 0.159. The number of H-pyrrole nitrogens is 2. The predicted molar refractivity (Wildman–Crippen MR) is 93.3 cm³/mol. The zero-order valence-electron chi connectivity index (χ0n) is 14.0. The van der Waals surface area contributed by atoms with Gasteiger partial charge in [0, 0.05) is 30.8 Å². The fraction of sp³-hybridized carbons (Fsp3) is 0.333. The lowest BCUT2D eigenvalue weighted by Gasteiger charge is -2.33. The largest absolute Gasteiger partial charge is 0.478 e. The fourth-order valence-electron chi connectivity index (χ4n) is 3.25. The zero-order chi connectivity index (χ0) is 18.7. The quantitative estimate of drug-likeness (QED) is 0.743. The van der Waals surface area contributed by atoms with E-state index in [0.29, 0.717) is 13.1 Å². The molecule has 1 aromatic carbocycles. The van der Waals surface area contributed by atoms with Gasteiger partial charge in [0.1, 0.15) is 0 Å². The number of carboxylic acids is 1. The number of benzene rings is 1. The van der Waals surface area contributed by atoms with E-state index in [1.54, 1.807) is 23.1 Å². The van der Waals surface area contributed by atoms with Crippen molar-refractivity contribution in [2.24, 2.45) is 0 Å². The van der Waals surface area contributed by atoms with Crippen molar-refractivity contribution in [2.45, 2.75) is 25.2 Å². The van der Waals surface area contributed by atoms with Crippen LogP contribution in [0.15, 0.2) is 40.1 Å². The average Bonchev–Trinajstić information content (AvgIpc) is 2.64. The summed E-state index contributed by atoms with van der Waals surface area (Å²) in [6.45, 7) is 1.07. The second-order valence-corrected chi connectivity index (χ2v) is 6.38. The highest BCUT2D eigenvalue weighted by Gasteiger charge is 2.25. The standard InChI is InChI=1S/C18H19N3O5/c22-15(8-14-9-19-18(26)20-16(14)23)21-6-2-5-13(10-21)11-3-1-4-12(7-11)17(24)25/h1,3-4,7,9,13H,2,5-6,8,10H2,(H,24,25)(H2,19,20,23,26). The van der Waals surface area contributed by atoms with Crippen LogP contribution in [-0.4, -0.2) is 44.9 Å². The molecule has 1 amide bonds. The van der Waals surface area contributed by atoms with Crippen molar-refractivity contribution in [3.8, 4) is 0 Å². The molecule has 1 atom stereocenters. The van der Waals surface area contributed by atoms with Gasteiger partial charge in [0.05, 0.1) is 12.0 Å². The monoisotopic (exact) mass is 357 g/mol. The molecule has 2 heterocycles. The van der Waals surface area contributed by atoms with Gasteiger partial charge in [-0.3, -0.25) is 14.6 Å². The summed E-state index contributed by atoms with van der Waals surface area (Å²) in [4.78, 5) is 52.6. The van der Waals surface area contributed by atoms with Gasteiger partial charge >= 0.3 is 11.7 Å². The molecule has 1 fully saturated rings. The summed E-state index contributed by atoms with van der Waals surface area (Å²) >= 11 is 0. The van der Waals surface area contributed by atoms with Gasteiger partial charge in [0.2, 0.25) is 5.91 Å². The van der Waals surface area contributed by atoms with Crippen molar-refractivity contribution >= 4 is 11.9 Å². The van der Waals surface area contributed by atoms with Crippen LogP contribution in [0.4, 0.5) is 0 Å². The molecule has 0 radical (unpaired) electrons. The maximum Gasteiger partial charge on any atom is 0.335 e. The van der Waals surface area contributed by atoms with Crippen LogP contribution in [0.25, 0.3) is 0 Å². The maximum atomic E-state index is 12.5. The van der Waals surface area contributed by atoms with Gasteiger partial charge in [0.25, 0.3) is 5.56 Å². The lowest BCUT2D eigenvalue weighted by Crippen LogP contribution is -2.41. The van der Waals surface area contributed by atoms with E-state index in [4.69, 9.17) is 5.11 Å². The maximum absolute atomic E-state index is 12.5. The van der Waals surface area contributed by atoms with Crippen molar-refractivity contribution in [3.63, 3.8) is 0 Å². The number of piperidine rings is 1. The van der Waals surface area contributed by atoms with Crippen molar-refractivity contribution in [2.75, 3.05) is 13.1 Å². The van der Waals surface area contributed by atoms with Crippen molar-refractivity contribution in [3.05, 3.63) is 68.0 Å². The van der Waals surface area contributed by atoms with Crippen LogP contribution >= 0.6 is 0 Å². The van der Waals surface area contributed by atoms with Gasteiger partial charge < -0.3 is 15.0 Å². The SMILES string of the molecule is O=C(O)c1cccc(C2CCCN(C(=O)Cc3c[nH]c(=O)[nH]c3=O)C2)c1. The molecule has 1 aromatic heterocycles. The Morgan fingerprint density at radius 2 is 2.08 bits per heavy atom. The highest BCUT2D eigenvalue weighted by Crippen LogP contribution is 2.27. The Bertz CT molecular complexity index is 946. The average molecular weight is 357 g/mol. The highest BCUT2D eigenvalue weighted by molar-refractivity contribution is 5.87. The molecular weight excluding hydrogens is 338 g/mol. The number of nitrogens with one attached hydrogen (secondary N) is 2. The summed E-state index contributed by atoms with van der Waals surface area (Å²) < 4.78 is 0. The van der Waals surface area contributed by atoms with E-state index < -0.39 is 17.2 Å². The summed E-state index contributed by atoms with van der Waals surface area (Å²) in [6.07, 6.45) is 2.84. The Balaban J connectivity index is 1.72. The number of aromatic nitrogens is 2. The van der Waals surface area contributed by atoms with Gasteiger partial charge in [0.15, 0.2) is 0 Å². The molecule has 0 aliphatic carbocycles. The molecule has 8 nitrogen and oxygen atoms in total. The molecule has 1 aliphatic heterocycles. The first-order chi connectivity index (χ1) is 12.4. The lowest BCUT2D eigenvalue weighted by atomic mass is 9.89. The minimum absolute atomic E-state index is 0.0564. The van der Waals surface area contributed by atoms with Crippen LogP contribution in [-0.2, 0) is 11.2 Å². The molecule has 0 saturated carbocycles. The highest BCUT2D eigenvalue weighted by atomic mass is 16.4. The third-order valence-corrected chi connectivity index (χ3v) is 4.62. The molecule has 1 saturated heterocycles. The molecule has 1 aliphatic rings. The second-order valence-electron chi connectivity index (χ2n) is 6.38. The van der Waals surface area contributed by atoms with Crippen molar-refractivity contribution < 1.29 is 14.7 Å². The summed E-state index contributed by atoms with van der Waals surface area (Å²) in [5.74, 6) is -1.12. The fourth-order valence-corrected chi connectivity index (χ4v) is 3.25. The van der Waals surface area contributed by atoms with Gasteiger partial charge in [-0.25, -0.2) is 9.59 Å². The van der Waals surface area contributed by atoms with E-state index in [9.17, 15) is 19.2 Å². The van der Waals surface area contributed by atoms with E-state index in [-0.39, 0.29) is 29.4 Å². The molecule has 1 unspecified atom stereocenters. The van der Waals surface area contributed by atoms with Crippen molar-refractivity contribution in [1.82, 2.24) is 14.9 Å². The first-order valence-electron chi connectivity index (χ1n) is 8.36. The van der Waals surface area contributed by atoms with Gasteiger partial charge in [-0.2, -0.15) is 0 Å². The first-order valence-corrected chi connectivity index (χ1v) is 8.36. The van der Waals surface area contributed by atoms with Crippen LogP contribution in [0.5, 0.6) is 0 Å². The number of nitrogens with zero attached hydrogens (tertiary/aromatic N) is 1. The van der Waals surface area contributed by atoms with Crippen LogP contribution in [0.1, 0.15) is 40.2 Å². The van der Waals surface area contributed by atoms with Gasteiger partial charge in [-0.15, -0.1) is 0 Å². The number of carbonyl (C=O) groups is 2. The molecule has 136 valence electrons. The third kappa shape index (κ3) is 3.90. The number of aromatic carboxylic acids is 1. The van der Waals surface area contributed by atoms with Crippen LogP contribution in [0.2, 0.25) is 0 Å². The molecule has 3 rings (SSSR count). The van der Waals surface area contributed by atoms with Gasteiger partial charge in [-0.1, -0.05) is 12.1 Å². The smallest absolute Gasteiger partial charge is 0.335 e. The number of hydrogen-bond acceptors (Lipinski definition) is 4. The minimum atomic E-state index is -0.979. The van der Waals surface area contributed by atoms with Crippen LogP contribution in [0.3, 0.4) is 0 Å². The molecular formula is C18H19N3O5. The third-order valence-electron chi connectivity index (χ3n) is 4.62. The van der Waals surface area contributed by atoms with E-state index >= 15 is 0 Å². The predicted octanol–water partition coefficient (Wildman–Crippen LogP) is 0.710. The normalized spacial score (nSPS) is 17.1. The second kappa shape index (κ2) is 7.38. The zero-order valence-corrected chi connectivity index (χ0v) is 14.0. The summed E-state index contributed by atoms with van der Waals surface area (Å²) in [7, 11) is 0. The van der Waals surface area contributed by atoms with Crippen LogP contribution in [0, 0.1) is 0 Å². The number of aromatic amines is 2. The van der Waals surface area contributed by atoms with E-state index in [1.165, 1.54) is 6.20 Å². The molecule has 8 heteroatoms. The first kappa shape index (κ1) is 17.7. The Morgan fingerprint density at radius 3 is 2.81 bits per heavy atom. The Morgan fingerprint density at radius 1 is 1.27 bits per heavy atom. The number of likely N-dealkylation sites (tertiary alicyclic amines) is 1. The number of amides is 1. The number of hydrogen-bond donors (Lipinski definition) is 3. The molecule has 26 heavy (non-hydrogen) atoms. The number of carboxylic acid groups (broad SMARTS) is 1. The molecule has 3 N–H and O–H groups in total. The Kier molecular flexibility index (Phi) is 5.01. The number of carbonyl (C=O) groups excluding carboxylic acids is 1. The summed E-state index contributed by atoms with van der Waals surface area (Å²) in [5, 5.41) is 9.14. The Labute approximate surface area is 148 Å². The summed E-state index contributed by atoms with van der Waals surface area (Å²) in [6, 6.07) is 6.77. The Hall–Kier alpha value is -3.16. The number of rotatable bonds is 4. The topological polar surface area (TPSA) is 123 Å². The van der Waals surface area contributed by atoms with E-state index in [0.717, 1.165) is 18.4 Å². The van der Waals surface area contributed by atoms with Crippen molar-refractivity contribution in [1.29, 1.82) is 0 Å². The van der Waals surface area contributed by atoms with E-state index in [2.05, 4.69) is 9.97 Å². The van der Waals surface area contributed by atoms with E-state index in [1.807, 2.05) is 6.07 Å². The molecule has 0 bridgehead atoms. The molecule has 2 aromatic rings. The minimum Gasteiger partial charge on any atom is -0.478 e. The lowest BCUT2D eigenvalue weighted by molar-refractivity contribution is -0.131. The van der Waals surface area contributed by atoms with Gasteiger partial charge in [-0.05, 0) is 30.5 Å². The molecule has 0 spiro atoms. The van der Waals surface area contributed by atoms with Crippen LogP contribution < -0.4 is 11.2 Å².